The molecule has 0 aliphatic heterocycles. The Morgan fingerprint density at radius 1 is 1.10 bits per heavy atom. The van der Waals surface area contributed by atoms with Crippen molar-refractivity contribution in [3.63, 3.8) is 0 Å². The Bertz CT molecular complexity index is 397. The molecule has 0 spiro atoms. The highest BCUT2D eigenvalue weighted by atomic mass is 15.0. The maximum Gasteiger partial charge on any atom is 0.126 e. The Hall–Kier alpha value is -1.09. The summed E-state index contributed by atoms with van der Waals surface area (Å²) in [6.07, 6.45) is 3.61. The highest BCUT2D eigenvalue weighted by molar-refractivity contribution is 5.40. The van der Waals surface area contributed by atoms with Crippen LogP contribution in [0.1, 0.15) is 71.1 Å². The van der Waals surface area contributed by atoms with Gasteiger partial charge in [-0.15, -0.1) is 0 Å². The highest BCUT2D eigenvalue weighted by Gasteiger charge is 2.08. The third-order valence-corrected chi connectivity index (χ3v) is 3.98. The second kappa shape index (κ2) is 9.78. The van der Waals surface area contributed by atoms with Crippen LogP contribution in [-0.4, -0.2) is 18.1 Å². The van der Waals surface area contributed by atoms with Crippen molar-refractivity contribution in [1.82, 2.24) is 10.3 Å². The first-order chi connectivity index (χ1) is 10.1. The molecule has 0 radical (unpaired) electrons. The van der Waals surface area contributed by atoms with Gasteiger partial charge in [-0.2, -0.15) is 0 Å². The lowest BCUT2D eigenvalue weighted by Crippen LogP contribution is -2.17. The van der Waals surface area contributed by atoms with Crippen LogP contribution >= 0.6 is 0 Å². The molecular weight excluding hydrogens is 258 g/mol. The maximum atomic E-state index is 4.76. The van der Waals surface area contributed by atoms with Gasteiger partial charge in [-0.1, -0.05) is 47.5 Å². The maximum absolute atomic E-state index is 4.76. The van der Waals surface area contributed by atoms with Crippen LogP contribution in [0, 0.1) is 5.92 Å². The molecular formula is C18H33N3. The number of hydrogen-bond donors (Lipinski definition) is 2. The van der Waals surface area contributed by atoms with Gasteiger partial charge in [0.05, 0.1) is 0 Å². The molecule has 0 aliphatic rings. The normalized spacial score (nSPS) is 11.4. The number of hydrogen-bond acceptors (Lipinski definition) is 3. The summed E-state index contributed by atoms with van der Waals surface area (Å²) >= 11 is 0. The summed E-state index contributed by atoms with van der Waals surface area (Å²) in [5.74, 6) is 2.22. The van der Waals surface area contributed by atoms with E-state index in [9.17, 15) is 0 Å². The second-order valence-electron chi connectivity index (χ2n) is 6.18. The molecule has 1 aromatic heterocycles. The van der Waals surface area contributed by atoms with Crippen molar-refractivity contribution in [1.29, 1.82) is 0 Å². The van der Waals surface area contributed by atoms with Gasteiger partial charge in [-0.3, -0.25) is 0 Å². The highest BCUT2D eigenvalue weighted by Crippen LogP contribution is 2.18. The quantitative estimate of drug-likeness (QED) is 0.621. The Kier molecular flexibility index (Phi) is 8.36. The smallest absolute Gasteiger partial charge is 0.126 e. The Labute approximate surface area is 130 Å². The van der Waals surface area contributed by atoms with E-state index in [0.717, 1.165) is 31.4 Å². The van der Waals surface area contributed by atoms with Gasteiger partial charge in [-0.25, -0.2) is 4.98 Å². The zero-order valence-corrected chi connectivity index (χ0v) is 14.5. The third-order valence-electron chi connectivity index (χ3n) is 3.98. The summed E-state index contributed by atoms with van der Waals surface area (Å²) in [4.78, 5) is 4.76. The molecule has 0 saturated heterocycles. The Morgan fingerprint density at radius 2 is 1.81 bits per heavy atom. The number of nitrogens with one attached hydrogen (secondary N) is 2. The van der Waals surface area contributed by atoms with Gasteiger partial charge in [-0.05, 0) is 42.5 Å². The molecule has 0 aliphatic carbocycles. The minimum atomic E-state index is 0.463. The largest absolute Gasteiger partial charge is 0.370 e. The molecule has 2 N–H and O–H groups in total. The molecule has 21 heavy (non-hydrogen) atoms. The van der Waals surface area contributed by atoms with E-state index in [4.69, 9.17) is 4.98 Å². The molecule has 0 fully saturated rings. The minimum Gasteiger partial charge on any atom is -0.370 e. The van der Waals surface area contributed by atoms with Crippen molar-refractivity contribution in [3.05, 3.63) is 23.4 Å². The number of nitrogens with zero attached hydrogens (tertiary/aromatic N) is 1. The Balaban J connectivity index is 2.76. The first-order valence-electron chi connectivity index (χ1n) is 8.56. The SMILES string of the molecule is CCCNCc1cc(NCC(CC)CC)nc(C(C)C)c1. The van der Waals surface area contributed by atoms with Crippen molar-refractivity contribution in [2.24, 2.45) is 5.92 Å². The molecule has 0 atom stereocenters. The van der Waals surface area contributed by atoms with Gasteiger partial charge in [0.2, 0.25) is 0 Å². The van der Waals surface area contributed by atoms with Crippen LogP contribution in [0.5, 0.6) is 0 Å². The van der Waals surface area contributed by atoms with Crippen LogP contribution in [0.15, 0.2) is 12.1 Å². The lowest BCUT2D eigenvalue weighted by molar-refractivity contribution is 0.518. The van der Waals surface area contributed by atoms with E-state index in [-0.39, 0.29) is 0 Å². The fraction of sp³-hybridized carbons (Fsp3) is 0.722. The van der Waals surface area contributed by atoms with E-state index >= 15 is 0 Å². The third kappa shape index (κ3) is 6.47. The number of pyridine rings is 1. The molecule has 1 aromatic rings. The van der Waals surface area contributed by atoms with Crippen LogP contribution in [0.2, 0.25) is 0 Å². The average Bonchev–Trinajstić information content (AvgIpc) is 2.48. The van der Waals surface area contributed by atoms with Crippen molar-refractivity contribution in [2.75, 3.05) is 18.4 Å². The fourth-order valence-corrected chi connectivity index (χ4v) is 2.34. The summed E-state index contributed by atoms with van der Waals surface area (Å²) in [5.41, 5.74) is 2.51. The predicted molar refractivity (Wildman–Crippen MR) is 92.9 cm³/mol. The van der Waals surface area contributed by atoms with Crippen LogP contribution in [0.3, 0.4) is 0 Å². The number of aromatic nitrogens is 1. The molecule has 120 valence electrons. The monoisotopic (exact) mass is 291 g/mol. The number of rotatable bonds is 10. The molecule has 3 nitrogen and oxygen atoms in total. The van der Waals surface area contributed by atoms with Crippen molar-refractivity contribution >= 4 is 5.82 Å². The minimum absolute atomic E-state index is 0.463. The van der Waals surface area contributed by atoms with E-state index in [1.165, 1.54) is 30.5 Å². The average molecular weight is 291 g/mol. The summed E-state index contributed by atoms with van der Waals surface area (Å²) < 4.78 is 0. The van der Waals surface area contributed by atoms with E-state index in [0.29, 0.717) is 5.92 Å². The molecule has 0 saturated carbocycles. The van der Waals surface area contributed by atoms with Gasteiger partial charge >= 0.3 is 0 Å². The fourth-order valence-electron chi connectivity index (χ4n) is 2.34. The zero-order chi connectivity index (χ0) is 15.7. The van der Waals surface area contributed by atoms with Gasteiger partial charge in [0.15, 0.2) is 0 Å². The van der Waals surface area contributed by atoms with Gasteiger partial charge in [0, 0.05) is 18.8 Å². The molecule has 0 amide bonds. The van der Waals surface area contributed by atoms with Crippen molar-refractivity contribution in [3.8, 4) is 0 Å². The van der Waals surface area contributed by atoms with Crippen molar-refractivity contribution in [2.45, 2.75) is 66.3 Å². The standard InChI is InChI=1S/C18H33N3/c1-6-9-19-12-16-10-17(14(4)5)21-18(11-16)20-13-15(7-2)8-3/h10-11,14-15,19H,6-9,12-13H2,1-5H3,(H,20,21). The molecule has 0 bridgehead atoms. The molecule has 3 heteroatoms. The van der Waals surface area contributed by atoms with E-state index in [1.807, 2.05) is 0 Å². The molecule has 0 aromatic carbocycles. The number of anilines is 1. The van der Waals surface area contributed by atoms with E-state index in [2.05, 4.69) is 57.4 Å². The predicted octanol–water partition coefficient (Wildman–Crippen LogP) is 4.55. The summed E-state index contributed by atoms with van der Waals surface area (Å²) in [5, 5.41) is 7.01. The van der Waals surface area contributed by atoms with Crippen LogP contribution in [0.25, 0.3) is 0 Å². The zero-order valence-electron chi connectivity index (χ0n) is 14.5. The van der Waals surface area contributed by atoms with E-state index in [1.54, 1.807) is 0 Å². The lowest BCUT2D eigenvalue weighted by Gasteiger charge is -2.16. The summed E-state index contributed by atoms with van der Waals surface area (Å²) in [7, 11) is 0. The molecule has 1 heterocycles. The van der Waals surface area contributed by atoms with Gasteiger partial charge in [0.1, 0.15) is 5.82 Å². The first-order valence-corrected chi connectivity index (χ1v) is 8.56. The topological polar surface area (TPSA) is 37.0 Å². The van der Waals surface area contributed by atoms with Gasteiger partial charge in [0.25, 0.3) is 0 Å². The summed E-state index contributed by atoms with van der Waals surface area (Å²) in [6.45, 7) is 14.1. The van der Waals surface area contributed by atoms with Gasteiger partial charge < -0.3 is 10.6 Å². The lowest BCUT2D eigenvalue weighted by atomic mass is 10.0. The van der Waals surface area contributed by atoms with Crippen LogP contribution in [0.4, 0.5) is 5.82 Å². The van der Waals surface area contributed by atoms with Crippen LogP contribution in [-0.2, 0) is 6.54 Å². The first kappa shape index (κ1) is 18.0. The molecule has 1 rings (SSSR count). The summed E-state index contributed by atoms with van der Waals surface area (Å²) in [6, 6.07) is 4.42. The second-order valence-corrected chi connectivity index (χ2v) is 6.18. The Morgan fingerprint density at radius 3 is 2.38 bits per heavy atom. The van der Waals surface area contributed by atoms with Crippen LogP contribution < -0.4 is 10.6 Å². The van der Waals surface area contributed by atoms with E-state index < -0.39 is 0 Å². The van der Waals surface area contributed by atoms with Crippen molar-refractivity contribution < 1.29 is 0 Å². The molecule has 0 unspecified atom stereocenters.